The largest absolute Gasteiger partial charge is 0.327 e. The van der Waals surface area contributed by atoms with Gasteiger partial charge in [-0.05, 0) is 19.1 Å². The van der Waals surface area contributed by atoms with E-state index in [1.54, 1.807) is 5.57 Å². The van der Waals surface area contributed by atoms with E-state index in [9.17, 15) is 0 Å². The van der Waals surface area contributed by atoms with Crippen LogP contribution < -0.4 is 5.73 Å². The minimum Gasteiger partial charge on any atom is -0.327 e. The zero-order chi connectivity index (χ0) is 6.69. The molecule has 9 heavy (non-hydrogen) atoms. The van der Waals surface area contributed by atoms with E-state index >= 15 is 0 Å². The molecule has 1 nitrogen and oxygen atoms in total. The van der Waals surface area contributed by atoms with Gasteiger partial charge in [-0.2, -0.15) is 11.8 Å². The number of thioether (sulfide) groups is 1. The van der Waals surface area contributed by atoms with Crippen LogP contribution in [0.15, 0.2) is 11.6 Å². The molecule has 1 atom stereocenters. The maximum absolute atomic E-state index is 5.38. The molecule has 52 valence electrons. The van der Waals surface area contributed by atoms with Crippen molar-refractivity contribution in [2.24, 2.45) is 5.73 Å². The van der Waals surface area contributed by atoms with E-state index in [0.717, 1.165) is 5.25 Å². The van der Waals surface area contributed by atoms with Crippen LogP contribution in [0.5, 0.6) is 0 Å². The van der Waals surface area contributed by atoms with E-state index in [1.807, 2.05) is 11.8 Å². The van der Waals surface area contributed by atoms with Gasteiger partial charge in [-0.15, -0.1) is 0 Å². The Morgan fingerprint density at radius 2 is 2.67 bits per heavy atom. The molecule has 0 aromatic heterocycles. The fourth-order valence-corrected chi connectivity index (χ4v) is 2.22. The number of hydrogen-bond acceptors (Lipinski definition) is 2. The third-order valence-electron chi connectivity index (χ3n) is 1.66. The van der Waals surface area contributed by atoms with E-state index in [0.29, 0.717) is 6.54 Å². The number of nitrogens with two attached hydrogens (primary N) is 1. The third-order valence-corrected chi connectivity index (χ3v) is 2.90. The highest BCUT2D eigenvalue weighted by atomic mass is 32.2. The van der Waals surface area contributed by atoms with Crippen molar-refractivity contribution < 1.29 is 0 Å². The summed E-state index contributed by atoms with van der Waals surface area (Å²) < 4.78 is 0. The van der Waals surface area contributed by atoms with Gasteiger partial charge in [0.2, 0.25) is 0 Å². The van der Waals surface area contributed by atoms with Crippen molar-refractivity contribution in [3.05, 3.63) is 11.6 Å². The first-order valence-electron chi connectivity index (χ1n) is 3.35. The quantitative estimate of drug-likeness (QED) is 0.561. The zero-order valence-corrected chi connectivity index (χ0v) is 6.58. The van der Waals surface area contributed by atoms with E-state index in [4.69, 9.17) is 5.73 Å². The lowest BCUT2D eigenvalue weighted by Crippen LogP contribution is -1.99. The molecule has 0 aromatic rings. The molecule has 0 radical (unpaired) electrons. The Balaban J connectivity index is 2.48. The average Bonchev–Trinajstić information content (AvgIpc) is 2.18. The molecule has 1 saturated heterocycles. The Morgan fingerprint density at radius 1 is 1.89 bits per heavy atom. The van der Waals surface area contributed by atoms with Crippen molar-refractivity contribution in [1.82, 2.24) is 0 Å². The minimum absolute atomic E-state index is 0.709. The fourth-order valence-electron chi connectivity index (χ4n) is 1.08. The lowest BCUT2D eigenvalue weighted by atomic mass is 10.1. The third kappa shape index (κ3) is 1.73. The smallest absolute Gasteiger partial charge is 0.0229 e. The number of hydrogen-bond donors (Lipinski definition) is 1. The fraction of sp³-hybridized carbons (Fsp3) is 0.714. The molecule has 2 heteroatoms. The van der Waals surface area contributed by atoms with Crippen LogP contribution in [-0.4, -0.2) is 17.5 Å². The summed E-state index contributed by atoms with van der Waals surface area (Å²) in [6.07, 6.45) is 3.41. The van der Waals surface area contributed by atoms with Crippen LogP contribution in [0.25, 0.3) is 0 Å². The van der Waals surface area contributed by atoms with Crippen LogP contribution in [0.3, 0.4) is 0 Å². The van der Waals surface area contributed by atoms with E-state index in [2.05, 4.69) is 13.0 Å². The second kappa shape index (κ2) is 3.28. The molecule has 0 spiro atoms. The van der Waals surface area contributed by atoms with E-state index in [-0.39, 0.29) is 0 Å². The second-order valence-corrected chi connectivity index (χ2v) is 3.73. The van der Waals surface area contributed by atoms with Gasteiger partial charge >= 0.3 is 0 Å². The van der Waals surface area contributed by atoms with Crippen LogP contribution in [0, 0.1) is 0 Å². The standard InChI is InChI=1S/C7H13NS/c1-6-7(2-4-8)3-5-9-6/h2,6H,3-5,8H2,1H3. The van der Waals surface area contributed by atoms with Gasteiger partial charge in [-0.1, -0.05) is 11.6 Å². The van der Waals surface area contributed by atoms with Crippen molar-refractivity contribution in [2.75, 3.05) is 12.3 Å². The highest BCUT2D eigenvalue weighted by Crippen LogP contribution is 2.30. The van der Waals surface area contributed by atoms with Gasteiger partial charge in [0.05, 0.1) is 0 Å². The molecule has 1 fully saturated rings. The molecule has 1 rings (SSSR count). The highest BCUT2D eigenvalue weighted by Gasteiger charge is 2.14. The molecule has 0 bridgehead atoms. The maximum Gasteiger partial charge on any atom is 0.0229 e. The summed E-state index contributed by atoms with van der Waals surface area (Å²) in [6, 6.07) is 0. The summed E-state index contributed by atoms with van der Waals surface area (Å²) >= 11 is 2.02. The summed E-state index contributed by atoms with van der Waals surface area (Å²) in [5.41, 5.74) is 6.93. The summed E-state index contributed by atoms with van der Waals surface area (Å²) in [6.45, 7) is 2.96. The lowest BCUT2D eigenvalue weighted by Gasteiger charge is -2.00. The lowest BCUT2D eigenvalue weighted by molar-refractivity contribution is 1.03. The molecular formula is C7H13NS. The Bertz CT molecular complexity index is 120. The topological polar surface area (TPSA) is 26.0 Å². The van der Waals surface area contributed by atoms with Gasteiger partial charge < -0.3 is 5.73 Å². The van der Waals surface area contributed by atoms with Crippen molar-refractivity contribution in [3.63, 3.8) is 0 Å². The minimum atomic E-state index is 0.709. The molecule has 0 aromatic carbocycles. The first kappa shape index (κ1) is 7.16. The molecule has 0 saturated carbocycles. The van der Waals surface area contributed by atoms with Gasteiger partial charge in [0, 0.05) is 11.8 Å². The predicted molar refractivity (Wildman–Crippen MR) is 43.7 cm³/mol. The molecular weight excluding hydrogens is 130 g/mol. The van der Waals surface area contributed by atoms with Gasteiger partial charge in [0.25, 0.3) is 0 Å². The maximum atomic E-state index is 5.38. The summed E-state index contributed by atoms with van der Waals surface area (Å²) in [5.74, 6) is 1.28. The Hall–Kier alpha value is 0.0500. The Kier molecular flexibility index (Phi) is 2.61. The molecule has 1 aliphatic rings. The summed E-state index contributed by atoms with van der Waals surface area (Å²) in [4.78, 5) is 0. The molecule has 2 N–H and O–H groups in total. The molecule has 1 heterocycles. The highest BCUT2D eigenvalue weighted by molar-refractivity contribution is 8.00. The predicted octanol–water partition coefficient (Wildman–Crippen LogP) is 1.40. The van der Waals surface area contributed by atoms with Gasteiger partial charge in [-0.3, -0.25) is 0 Å². The summed E-state index contributed by atoms with van der Waals surface area (Å²) in [5, 5.41) is 0.730. The Labute approximate surface area is 60.7 Å². The van der Waals surface area contributed by atoms with Gasteiger partial charge in [0.1, 0.15) is 0 Å². The van der Waals surface area contributed by atoms with Crippen LogP contribution in [0.4, 0.5) is 0 Å². The van der Waals surface area contributed by atoms with E-state index in [1.165, 1.54) is 12.2 Å². The normalized spacial score (nSPS) is 31.8. The van der Waals surface area contributed by atoms with Crippen molar-refractivity contribution >= 4 is 11.8 Å². The van der Waals surface area contributed by atoms with E-state index < -0.39 is 0 Å². The Morgan fingerprint density at radius 3 is 3.11 bits per heavy atom. The van der Waals surface area contributed by atoms with Crippen molar-refractivity contribution in [2.45, 2.75) is 18.6 Å². The monoisotopic (exact) mass is 143 g/mol. The molecule has 0 aliphatic carbocycles. The van der Waals surface area contributed by atoms with Crippen LogP contribution in [0.1, 0.15) is 13.3 Å². The number of rotatable bonds is 1. The van der Waals surface area contributed by atoms with Crippen molar-refractivity contribution in [1.29, 1.82) is 0 Å². The van der Waals surface area contributed by atoms with Crippen LogP contribution in [-0.2, 0) is 0 Å². The van der Waals surface area contributed by atoms with Crippen molar-refractivity contribution in [3.8, 4) is 0 Å². The van der Waals surface area contributed by atoms with Gasteiger partial charge in [0.15, 0.2) is 0 Å². The molecule has 1 unspecified atom stereocenters. The first-order chi connectivity index (χ1) is 4.34. The molecule has 0 amide bonds. The van der Waals surface area contributed by atoms with Gasteiger partial charge in [-0.25, -0.2) is 0 Å². The second-order valence-electron chi connectivity index (χ2n) is 2.28. The SMILES string of the molecule is CC1SCCC1=CCN. The summed E-state index contributed by atoms with van der Waals surface area (Å²) in [7, 11) is 0. The average molecular weight is 143 g/mol. The molecule has 1 aliphatic heterocycles. The first-order valence-corrected chi connectivity index (χ1v) is 4.40. The van der Waals surface area contributed by atoms with Crippen LogP contribution >= 0.6 is 11.8 Å². The zero-order valence-electron chi connectivity index (χ0n) is 5.76. The van der Waals surface area contributed by atoms with Crippen LogP contribution in [0.2, 0.25) is 0 Å².